The van der Waals surface area contributed by atoms with Gasteiger partial charge in [-0.25, -0.2) is 0 Å². The van der Waals surface area contributed by atoms with Gasteiger partial charge in [0.25, 0.3) is 0 Å². The van der Waals surface area contributed by atoms with Crippen LogP contribution < -0.4 is 0 Å². The molecule has 0 aliphatic rings. The molecule has 138 valence electrons. The van der Waals surface area contributed by atoms with Gasteiger partial charge in [-0.1, -0.05) is 112 Å². The lowest BCUT2D eigenvalue weighted by molar-refractivity contribution is 0.693. The third kappa shape index (κ3) is 7.44. The first-order valence-corrected chi connectivity index (χ1v) is 10.3. The summed E-state index contributed by atoms with van der Waals surface area (Å²) in [5.74, 6) is 0. The van der Waals surface area contributed by atoms with Crippen LogP contribution in [0.1, 0.15) is 76.3 Å². The van der Waals surface area contributed by atoms with E-state index in [2.05, 4.69) is 86.7 Å². The smallest absolute Gasteiger partial charge is 0.0254 e. The first kappa shape index (κ1) is 20.2. The predicted octanol–water partition coefficient (Wildman–Crippen LogP) is 8.31. The van der Waals surface area contributed by atoms with Crippen molar-refractivity contribution in [1.82, 2.24) is 0 Å². The van der Waals surface area contributed by atoms with Crippen LogP contribution in [-0.2, 0) is 0 Å². The number of rotatable bonds is 11. The molecule has 0 aromatic heterocycles. The van der Waals surface area contributed by atoms with Gasteiger partial charge in [-0.2, -0.15) is 0 Å². The third-order valence-corrected chi connectivity index (χ3v) is 4.79. The van der Waals surface area contributed by atoms with Crippen molar-refractivity contribution < 1.29 is 0 Å². The molecule has 0 heteroatoms. The molecule has 2 aromatic carbocycles. The molecule has 0 amide bonds. The molecule has 2 aromatic rings. The van der Waals surface area contributed by atoms with E-state index >= 15 is 0 Å². The van der Waals surface area contributed by atoms with E-state index in [0.29, 0.717) is 0 Å². The van der Waals surface area contributed by atoms with Gasteiger partial charge >= 0.3 is 0 Å². The van der Waals surface area contributed by atoms with Gasteiger partial charge in [-0.15, -0.1) is 0 Å². The Morgan fingerprint density at radius 3 is 1.31 bits per heavy atom. The summed E-state index contributed by atoms with van der Waals surface area (Å²) in [6.07, 6.45) is 14.9. The van der Waals surface area contributed by atoms with Crippen LogP contribution in [0.25, 0.3) is 12.2 Å². The molecule has 0 radical (unpaired) electrons. The molecule has 0 saturated carbocycles. The fourth-order valence-electron chi connectivity index (χ4n) is 3.28. The fraction of sp³-hybridized carbons (Fsp3) is 0.385. The molecule has 2 rings (SSSR count). The minimum atomic E-state index is 1.17. The minimum Gasteiger partial charge on any atom is -0.0654 e. The van der Waals surface area contributed by atoms with E-state index in [1.807, 2.05) is 0 Å². The van der Waals surface area contributed by atoms with Crippen molar-refractivity contribution in [2.75, 3.05) is 0 Å². The number of hydrogen-bond acceptors (Lipinski definition) is 0. The molecular formula is C26H34. The lowest BCUT2D eigenvalue weighted by Crippen LogP contribution is -1.93. The summed E-state index contributed by atoms with van der Waals surface area (Å²) in [4.78, 5) is 0. The Hall–Kier alpha value is -2.08. The monoisotopic (exact) mass is 346 g/mol. The van der Waals surface area contributed by atoms with Crippen molar-refractivity contribution in [2.45, 2.75) is 65.2 Å². The van der Waals surface area contributed by atoms with Crippen LogP contribution in [0, 0.1) is 0 Å². The summed E-state index contributed by atoms with van der Waals surface area (Å²) >= 11 is 0. The summed E-state index contributed by atoms with van der Waals surface area (Å²) in [6.45, 7) is 4.56. The standard InChI is InChI=1S/C26H34/c1-3-5-9-19-25(21-23-15-11-7-12-16-23)26(20-10-6-4-2)22-24-17-13-8-14-18-24/h7-8,11-18,21-22H,3-6,9-10,19-20H2,1-2H3. The zero-order valence-corrected chi connectivity index (χ0v) is 16.6. The van der Waals surface area contributed by atoms with Gasteiger partial charge in [0.05, 0.1) is 0 Å². The van der Waals surface area contributed by atoms with E-state index in [-0.39, 0.29) is 0 Å². The van der Waals surface area contributed by atoms with Crippen molar-refractivity contribution in [3.8, 4) is 0 Å². The van der Waals surface area contributed by atoms with E-state index in [9.17, 15) is 0 Å². The maximum absolute atomic E-state index is 2.41. The van der Waals surface area contributed by atoms with Crippen LogP contribution in [0.2, 0.25) is 0 Å². The number of benzene rings is 2. The zero-order chi connectivity index (χ0) is 18.5. The largest absolute Gasteiger partial charge is 0.0654 e. The number of hydrogen-bond donors (Lipinski definition) is 0. The third-order valence-electron chi connectivity index (χ3n) is 4.79. The average molecular weight is 347 g/mol. The Morgan fingerprint density at radius 2 is 0.962 bits per heavy atom. The molecule has 0 aliphatic heterocycles. The summed E-state index contributed by atoms with van der Waals surface area (Å²) in [6, 6.07) is 21.6. The van der Waals surface area contributed by atoms with Crippen LogP contribution >= 0.6 is 0 Å². The summed E-state index contributed by atoms with van der Waals surface area (Å²) < 4.78 is 0. The zero-order valence-electron chi connectivity index (χ0n) is 16.6. The average Bonchev–Trinajstić information content (AvgIpc) is 2.68. The highest BCUT2D eigenvalue weighted by Gasteiger charge is 2.07. The molecule has 0 spiro atoms. The van der Waals surface area contributed by atoms with Gasteiger partial charge in [0.1, 0.15) is 0 Å². The second-order valence-corrected chi connectivity index (χ2v) is 7.07. The first-order valence-electron chi connectivity index (χ1n) is 10.3. The highest BCUT2D eigenvalue weighted by Crippen LogP contribution is 2.27. The van der Waals surface area contributed by atoms with Crippen molar-refractivity contribution in [1.29, 1.82) is 0 Å². The first-order chi connectivity index (χ1) is 12.8. The highest BCUT2D eigenvalue weighted by molar-refractivity contribution is 5.66. The van der Waals surface area contributed by atoms with Gasteiger partial charge < -0.3 is 0 Å². The molecule has 0 saturated heterocycles. The van der Waals surface area contributed by atoms with Crippen molar-refractivity contribution in [3.05, 3.63) is 82.9 Å². The van der Waals surface area contributed by atoms with Crippen molar-refractivity contribution in [3.63, 3.8) is 0 Å². The quantitative estimate of drug-likeness (QED) is 0.283. The molecule has 26 heavy (non-hydrogen) atoms. The molecule has 0 N–H and O–H groups in total. The molecule has 0 bridgehead atoms. The van der Waals surface area contributed by atoms with E-state index in [1.165, 1.54) is 73.6 Å². The van der Waals surface area contributed by atoms with Gasteiger partial charge in [-0.3, -0.25) is 0 Å². The molecular weight excluding hydrogens is 312 g/mol. The van der Waals surface area contributed by atoms with E-state index in [0.717, 1.165) is 0 Å². The lowest BCUT2D eigenvalue weighted by atomic mass is 9.92. The summed E-state index contributed by atoms with van der Waals surface area (Å²) in [7, 11) is 0. The Kier molecular flexibility index (Phi) is 9.57. The van der Waals surface area contributed by atoms with E-state index in [1.54, 1.807) is 0 Å². The number of allylic oxidation sites excluding steroid dienone is 2. The summed E-state index contributed by atoms with van der Waals surface area (Å²) in [5, 5.41) is 0. The molecule has 0 fully saturated rings. The lowest BCUT2D eigenvalue weighted by Gasteiger charge is -2.14. The molecule has 0 aliphatic carbocycles. The topological polar surface area (TPSA) is 0 Å². The van der Waals surface area contributed by atoms with Gasteiger partial charge in [0, 0.05) is 0 Å². The summed E-state index contributed by atoms with van der Waals surface area (Å²) in [5.41, 5.74) is 5.66. The molecule has 0 heterocycles. The van der Waals surface area contributed by atoms with E-state index in [4.69, 9.17) is 0 Å². The van der Waals surface area contributed by atoms with Crippen molar-refractivity contribution in [2.24, 2.45) is 0 Å². The molecule has 0 atom stereocenters. The Morgan fingerprint density at radius 1 is 0.577 bits per heavy atom. The molecule has 0 unspecified atom stereocenters. The maximum atomic E-state index is 2.41. The Labute approximate surface area is 160 Å². The van der Waals surface area contributed by atoms with Gasteiger partial charge in [0.15, 0.2) is 0 Å². The van der Waals surface area contributed by atoms with Gasteiger partial charge in [-0.05, 0) is 48.0 Å². The SMILES string of the molecule is CCCCCC(=Cc1ccccc1)C(=Cc1ccccc1)CCCCC. The van der Waals surface area contributed by atoms with Crippen molar-refractivity contribution >= 4 is 12.2 Å². The second-order valence-electron chi connectivity index (χ2n) is 7.07. The highest BCUT2D eigenvalue weighted by atomic mass is 14.1. The molecule has 0 nitrogen and oxygen atoms in total. The van der Waals surface area contributed by atoms with Gasteiger partial charge in [0.2, 0.25) is 0 Å². The van der Waals surface area contributed by atoms with Crippen LogP contribution in [0.4, 0.5) is 0 Å². The van der Waals surface area contributed by atoms with Crippen LogP contribution in [0.5, 0.6) is 0 Å². The maximum Gasteiger partial charge on any atom is -0.0254 e. The predicted molar refractivity (Wildman–Crippen MR) is 117 cm³/mol. The van der Waals surface area contributed by atoms with E-state index < -0.39 is 0 Å². The minimum absolute atomic E-state index is 1.17. The van der Waals surface area contributed by atoms with Crippen LogP contribution in [0.15, 0.2) is 71.8 Å². The van der Waals surface area contributed by atoms with Crippen LogP contribution in [0.3, 0.4) is 0 Å². The number of unbranched alkanes of at least 4 members (excludes halogenated alkanes) is 4. The second kappa shape index (κ2) is 12.3. The Bertz CT molecular complexity index is 600. The fourth-order valence-corrected chi connectivity index (χ4v) is 3.28. The van der Waals surface area contributed by atoms with Crippen LogP contribution in [-0.4, -0.2) is 0 Å². The Balaban J connectivity index is 2.32. The normalized spacial score (nSPS) is 12.4.